The fourth-order valence-electron chi connectivity index (χ4n) is 3.07. The van der Waals surface area contributed by atoms with Crippen molar-refractivity contribution >= 4 is 32.6 Å². The molecule has 0 bridgehead atoms. The van der Waals surface area contributed by atoms with Crippen molar-refractivity contribution in [3.05, 3.63) is 53.8 Å². The Kier molecular flexibility index (Phi) is 4.54. The number of methoxy groups -OCH3 is 1. The Morgan fingerprint density at radius 2 is 2.12 bits per heavy atom. The van der Waals surface area contributed by atoms with Crippen LogP contribution in [0.3, 0.4) is 0 Å². The number of aromatic nitrogens is 1. The number of halogens is 1. The van der Waals surface area contributed by atoms with Crippen LogP contribution in [-0.2, 0) is 4.79 Å². The molecule has 3 N–H and O–H groups in total. The van der Waals surface area contributed by atoms with Crippen molar-refractivity contribution in [1.82, 2.24) is 15.8 Å². The first-order valence-electron chi connectivity index (χ1n) is 8.14. The first kappa shape index (κ1) is 16.9. The third-order valence-electron chi connectivity index (χ3n) is 4.38. The molecule has 0 radical (unpaired) electrons. The van der Waals surface area contributed by atoms with E-state index in [2.05, 4.69) is 21.2 Å². The summed E-state index contributed by atoms with van der Waals surface area (Å²) in [4.78, 5) is 17.2. The van der Waals surface area contributed by atoms with E-state index in [0.29, 0.717) is 17.4 Å². The molecule has 4 rings (SSSR count). The number of thiazole rings is 1. The third-order valence-corrected chi connectivity index (χ3v) is 5.32. The van der Waals surface area contributed by atoms with Crippen LogP contribution in [0.15, 0.2) is 42.5 Å². The molecule has 2 aromatic carbocycles. The lowest BCUT2D eigenvalue weighted by molar-refractivity contribution is -0.119. The highest BCUT2D eigenvalue weighted by Crippen LogP contribution is 2.33. The molecular formula is C18H17FN4O2S. The fraction of sp³-hybridized carbons (Fsp3) is 0.222. The molecule has 0 saturated carbocycles. The number of ether oxygens (including phenoxy) is 1. The Bertz CT molecular complexity index is 944. The Labute approximate surface area is 153 Å². The second kappa shape index (κ2) is 6.99. The molecule has 134 valence electrons. The molecule has 1 aromatic heterocycles. The number of amides is 1. The first-order chi connectivity index (χ1) is 12.7. The summed E-state index contributed by atoms with van der Waals surface area (Å²) < 4.78 is 19.4. The SMILES string of the molecule is COc1cccc2sc(NC(=O)C3CNNC3c3ccc(F)cc3)nc12. The van der Waals surface area contributed by atoms with Gasteiger partial charge in [0, 0.05) is 6.54 Å². The maximum absolute atomic E-state index is 13.1. The van der Waals surface area contributed by atoms with Crippen LogP contribution in [-0.4, -0.2) is 24.5 Å². The van der Waals surface area contributed by atoms with Crippen molar-refractivity contribution in [2.45, 2.75) is 6.04 Å². The van der Waals surface area contributed by atoms with Gasteiger partial charge in [0.1, 0.15) is 17.1 Å². The number of benzene rings is 2. The van der Waals surface area contributed by atoms with Crippen LogP contribution in [0.5, 0.6) is 5.75 Å². The van der Waals surface area contributed by atoms with Crippen LogP contribution >= 0.6 is 11.3 Å². The molecule has 1 aliphatic heterocycles. The summed E-state index contributed by atoms with van der Waals surface area (Å²) >= 11 is 1.40. The maximum atomic E-state index is 13.1. The van der Waals surface area contributed by atoms with Crippen molar-refractivity contribution in [2.75, 3.05) is 19.0 Å². The van der Waals surface area contributed by atoms with E-state index in [4.69, 9.17) is 4.74 Å². The molecule has 1 amide bonds. The Morgan fingerprint density at radius 1 is 1.31 bits per heavy atom. The van der Waals surface area contributed by atoms with Crippen molar-refractivity contribution in [1.29, 1.82) is 0 Å². The second-order valence-electron chi connectivity index (χ2n) is 5.98. The summed E-state index contributed by atoms with van der Waals surface area (Å²) in [5.41, 5.74) is 7.67. The van der Waals surface area contributed by atoms with E-state index in [9.17, 15) is 9.18 Å². The van der Waals surface area contributed by atoms with Gasteiger partial charge < -0.3 is 10.1 Å². The molecule has 6 nitrogen and oxygen atoms in total. The van der Waals surface area contributed by atoms with Crippen molar-refractivity contribution < 1.29 is 13.9 Å². The fourth-order valence-corrected chi connectivity index (χ4v) is 3.95. The van der Waals surface area contributed by atoms with Crippen LogP contribution in [0.4, 0.5) is 9.52 Å². The number of rotatable bonds is 4. The molecule has 0 spiro atoms. The topological polar surface area (TPSA) is 75.3 Å². The lowest BCUT2D eigenvalue weighted by Crippen LogP contribution is -2.29. The van der Waals surface area contributed by atoms with Gasteiger partial charge in [-0.15, -0.1) is 0 Å². The highest BCUT2D eigenvalue weighted by Gasteiger charge is 2.34. The largest absolute Gasteiger partial charge is 0.494 e. The molecule has 1 saturated heterocycles. The number of nitrogens with zero attached hydrogens (tertiary/aromatic N) is 1. The van der Waals surface area contributed by atoms with Crippen molar-refractivity contribution in [2.24, 2.45) is 5.92 Å². The van der Waals surface area contributed by atoms with Gasteiger partial charge in [-0.2, -0.15) is 0 Å². The van der Waals surface area contributed by atoms with Gasteiger partial charge in [0.25, 0.3) is 0 Å². The monoisotopic (exact) mass is 372 g/mol. The van der Waals surface area contributed by atoms with E-state index in [-0.39, 0.29) is 23.7 Å². The van der Waals surface area contributed by atoms with Gasteiger partial charge >= 0.3 is 0 Å². The number of fused-ring (bicyclic) bond motifs is 1. The van der Waals surface area contributed by atoms with E-state index < -0.39 is 0 Å². The first-order valence-corrected chi connectivity index (χ1v) is 8.95. The number of hydrogen-bond acceptors (Lipinski definition) is 6. The number of carbonyl (C=O) groups is 1. The Hall–Kier alpha value is -2.55. The minimum atomic E-state index is -0.339. The summed E-state index contributed by atoms with van der Waals surface area (Å²) in [5.74, 6) is -0.110. The molecule has 0 aliphatic carbocycles. The molecule has 3 aromatic rings. The maximum Gasteiger partial charge on any atom is 0.232 e. The Morgan fingerprint density at radius 3 is 2.88 bits per heavy atom. The number of carbonyl (C=O) groups excluding carboxylic acids is 1. The van der Waals surface area contributed by atoms with Crippen LogP contribution < -0.4 is 20.9 Å². The van der Waals surface area contributed by atoms with Crippen LogP contribution in [0.25, 0.3) is 10.2 Å². The summed E-state index contributed by atoms with van der Waals surface area (Å²) in [6, 6.07) is 11.6. The number of anilines is 1. The summed E-state index contributed by atoms with van der Waals surface area (Å²) in [6.45, 7) is 0.474. The number of hydrazine groups is 1. The number of nitrogens with one attached hydrogen (secondary N) is 3. The van der Waals surface area contributed by atoms with Crippen molar-refractivity contribution in [3.8, 4) is 5.75 Å². The van der Waals surface area contributed by atoms with Gasteiger partial charge in [0.2, 0.25) is 5.91 Å². The number of hydrogen-bond donors (Lipinski definition) is 3. The Balaban J connectivity index is 1.54. The molecule has 2 unspecified atom stereocenters. The normalized spacial score (nSPS) is 19.6. The third kappa shape index (κ3) is 3.14. The molecule has 8 heteroatoms. The minimum absolute atomic E-state index is 0.144. The zero-order valence-electron chi connectivity index (χ0n) is 14.0. The van der Waals surface area contributed by atoms with Gasteiger partial charge in [0.05, 0.1) is 23.8 Å². The van der Waals surface area contributed by atoms with E-state index in [1.807, 2.05) is 18.2 Å². The molecule has 2 heterocycles. The smallest absolute Gasteiger partial charge is 0.232 e. The molecule has 26 heavy (non-hydrogen) atoms. The van der Waals surface area contributed by atoms with Gasteiger partial charge in [-0.3, -0.25) is 10.2 Å². The summed E-state index contributed by atoms with van der Waals surface area (Å²) in [7, 11) is 1.59. The summed E-state index contributed by atoms with van der Waals surface area (Å²) in [5, 5.41) is 3.42. The summed E-state index contributed by atoms with van der Waals surface area (Å²) in [6.07, 6.45) is 0. The van der Waals surface area contributed by atoms with E-state index in [0.717, 1.165) is 15.8 Å². The van der Waals surface area contributed by atoms with Crippen LogP contribution in [0.2, 0.25) is 0 Å². The van der Waals surface area contributed by atoms with Crippen LogP contribution in [0.1, 0.15) is 11.6 Å². The second-order valence-corrected chi connectivity index (χ2v) is 7.01. The van der Waals surface area contributed by atoms with Gasteiger partial charge in [-0.25, -0.2) is 14.8 Å². The predicted octanol–water partition coefficient (Wildman–Crippen LogP) is 2.85. The van der Waals surface area contributed by atoms with E-state index >= 15 is 0 Å². The van der Waals surface area contributed by atoms with Crippen molar-refractivity contribution in [3.63, 3.8) is 0 Å². The van der Waals surface area contributed by atoms with Gasteiger partial charge in [0.15, 0.2) is 5.13 Å². The standard InChI is InChI=1S/C18H17FN4O2S/c1-25-13-3-2-4-14-16(13)21-18(26-14)22-17(24)12-9-20-23-15(12)10-5-7-11(19)8-6-10/h2-8,12,15,20,23H,9H2,1H3,(H,21,22,24). The average Bonchev–Trinajstić information content (AvgIpc) is 3.28. The average molecular weight is 372 g/mol. The van der Waals surface area contributed by atoms with E-state index in [1.165, 1.54) is 23.5 Å². The molecule has 1 aliphatic rings. The zero-order valence-corrected chi connectivity index (χ0v) is 14.8. The lowest BCUT2D eigenvalue weighted by Gasteiger charge is -2.17. The highest BCUT2D eigenvalue weighted by molar-refractivity contribution is 7.22. The van der Waals surface area contributed by atoms with Gasteiger partial charge in [-0.05, 0) is 29.8 Å². The zero-order chi connectivity index (χ0) is 18.1. The predicted molar refractivity (Wildman–Crippen MR) is 98.6 cm³/mol. The highest BCUT2D eigenvalue weighted by atomic mass is 32.1. The lowest BCUT2D eigenvalue weighted by atomic mass is 9.94. The number of para-hydroxylation sites is 1. The van der Waals surface area contributed by atoms with E-state index in [1.54, 1.807) is 19.2 Å². The van der Waals surface area contributed by atoms with Gasteiger partial charge in [-0.1, -0.05) is 29.5 Å². The molecular weight excluding hydrogens is 355 g/mol. The quantitative estimate of drug-likeness (QED) is 0.657. The molecule has 1 fully saturated rings. The van der Waals surface area contributed by atoms with Crippen LogP contribution in [0, 0.1) is 11.7 Å². The minimum Gasteiger partial charge on any atom is -0.494 e. The molecule has 2 atom stereocenters.